The van der Waals surface area contributed by atoms with E-state index < -0.39 is 0 Å². The summed E-state index contributed by atoms with van der Waals surface area (Å²) in [4.78, 5) is 28.7. The third-order valence-corrected chi connectivity index (χ3v) is 7.05. The van der Waals surface area contributed by atoms with E-state index in [1.165, 1.54) is 30.2 Å². The second-order valence-corrected chi connectivity index (χ2v) is 9.65. The number of benzene rings is 3. The minimum atomic E-state index is -0.127. The van der Waals surface area contributed by atoms with E-state index in [4.69, 9.17) is 0 Å². The molecule has 1 saturated heterocycles. The Bertz CT molecular complexity index is 1120. The molecule has 0 unspecified atom stereocenters. The lowest BCUT2D eigenvalue weighted by Crippen LogP contribution is -2.25. The zero-order valence-electron chi connectivity index (χ0n) is 19.5. The molecule has 1 heterocycles. The summed E-state index contributed by atoms with van der Waals surface area (Å²) in [5.41, 5.74) is 4.92. The summed E-state index contributed by atoms with van der Waals surface area (Å²) in [6.07, 6.45) is 2.52. The molecule has 6 heteroatoms. The second-order valence-electron chi connectivity index (χ2n) is 8.63. The maximum Gasteiger partial charge on any atom is 0.252 e. The number of nitrogens with zero attached hydrogens (tertiary/aromatic N) is 1. The van der Waals surface area contributed by atoms with Gasteiger partial charge in [-0.1, -0.05) is 54.1 Å². The Labute approximate surface area is 205 Å². The molecular formula is C28H31N3O2S. The highest BCUT2D eigenvalue weighted by Gasteiger charge is 2.16. The summed E-state index contributed by atoms with van der Waals surface area (Å²) in [6, 6.07) is 23.5. The van der Waals surface area contributed by atoms with Crippen LogP contribution >= 0.6 is 11.8 Å². The molecule has 4 rings (SSSR count). The molecule has 5 nitrogen and oxygen atoms in total. The first-order valence-corrected chi connectivity index (χ1v) is 12.7. The molecule has 2 N–H and O–H groups in total. The highest BCUT2D eigenvalue weighted by molar-refractivity contribution is 8.00. The van der Waals surface area contributed by atoms with Gasteiger partial charge in [-0.3, -0.25) is 14.5 Å². The van der Waals surface area contributed by atoms with Crippen molar-refractivity contribution in [3.05, 3.63) is 95.1 Å². The molecule has 0 radical (unpaired) electrons. The van der Waals surface area contributed by atoms with Crippen LogP contribution in [0.5, 0.6) is 0 Å². The highest BCUT2D eigenvalue weighted by atomic mass is 32.2. The standard InChI is InChI=1S/C28H31N3O2S/c1-21-12-14-24(15-13-21)30-27(32)20-34-26-11-5-4-10-25(26)28(33)29-18-22-8-2-3-9-23(22)19-31-16-6-7-17-31/h2-5,8-15H,6-7,16-20H2,1H3,(H,29,33)(H,30,32). The largest absolute Gasteiger partial charge is 0.348 e. The normalized spacial score (nSPS) is 13.6. The number of carbonyl (C=O) groups is 2. The molecular weight excluding hydrogens is 442 g/mol. The van der Waals surface area contributed by atoms with Crippen molar-refractivity contribution in [1.29, 1.82) is 0 Å². The number of thioether (sulfide) groups is 1. The first kappa shape index (κ1) is 24.0. The second kappa shape index (κ2) is 11.9. The average Bonchev–Trinajstić information content (AvgIpc) is 3.37. The van der Waals surface area contributed by atoms with Gasteiger partial charge in [0.15, 0.2) is 0 Å². The molecule has 2 amide bonds. The van der Waals surface area contributed by atoms with Gasteiger partial charge >= 0.3 is 0 Å². The number of hydrogen-bond donors (Lipinski definition) is 2. The average molecular weight is 474 g/mol. The van der Waals surface area contributed by atoms with Crippen molar-refractivity contribution in [1.82, 2.24) is 10.2 Å². The van der Waals surface area contributed by atoms with Crippen LogP contribution < -0.4 is 10.6 Å². The summed E-state index contributed by atoms with van der Waals surface area (Å²) in [7, 11) is 0. The van der Waals surface area contributed by atoms with Gasteiger partial charge in [-0.25, -0.2) is 0 Å². The van der Waals surface area contributed by atoms with Gasteiger partial charge in [0.05, 0.1) is 11.3 Å². The molecule has 0 saturated carbocycles. The lowest BCUT2D eigenvalue weighted by molar-refractivity contribution is -0.113. The van der Waals surface area contributed by atoms with Crippen LogP contribution in [0.4, 0.5) is 5.69 Å². The van der Waals surface area contributed by atoms with Crippen molar-refractivity contribution in [2.75, 3.05) is 24.2 Å². The lowest BCUT2D eigenvalue weighted by atomic mass is 10.1. The Morgan fingerprint density at radius 1 is 0.882 bits per heavy atom. The number of hydrogen-bond acceptors (Lipinski definition) is 4. The zero-order chi connectivity index (χ0) is 23.8. The van der Waals surface area contributed by atoms with Gasteiger partial charge in [0.1, 0.15) is 0 Å². The summed E-state index contributed by atoms with van der Waals surface area (Å²) >= 11 is 1.37. The van der Waals surface area contributed by atoms with Gasteiger partial charge in [-0.2, -0.15) is 0 Å². The molecule has 0 bridgehead atoms. The maximum atomic E-state index is 13.0. The van der Waals surface area contributed by atoms with Crippen molar-refractivity contribution in [3.8, 4) is 0 Å². The quantitative estimate of drug-likeness (QED) is 0.417. The first-order chi connectivity index (χ1) is 16.6. The summed E-state index contributed by atoms with van der Waals surface area (Å²) in [5.74, 6) is 0.00883. The van der Waals surface area contributed by atoms with E-state index in [1.54, 1.807) is 0 Å². The molecule has 1 aliphatic heterocycles. The van der Waals surface area contributed by atoms with E-state index >= 15 is 0 Å². The van der Waals surface area contributed by atoms with Crippen LogP contribution in [0.3, 0.4) is 0 Å². The van der Waals surface area contributed by atoms with Gasteiger partial charge in [0, 0.05) is 23.7 Å². The number of likely N-dealkylation sites (tertiary alicyclic amines) is 1. The zero-order valence-corrected chi connectivity index (χ0v) is 20.4. The molecule has 3 aromatic carbocycles. The van der Waals surface area contributed by atoms with E-state index in [1.807, 2.05) is 61.5 Å². The van der Waals surface area contributed by atoms with Gasteiger partial charge in [-0.05, 0) is 68.2 Å². The van der Waals surface area contributed by atoms with E-state index in [0.29, 0.717) is 12.1 Å². The van der Waals surface area contributed by atoms with Gasteiger partial charge in [0.2, 0.25) is 5.91 Å². The van der Waals surface area contributed by atoms with Gasteiger partial charge < -0.3 is 10.6 Å². The monoisotopic (exact) mass is 473 g/mol. The van der Waals surface area contributed by atoms with Gasteiger partial charge in [0.25, 0.3) is 5.91 Å². The van der Waals surface area contributed by atoms with Crippen LogP contribution in [0.2, 0.25) is 0 Å². The Balaban J connectivity index is 1.34. The number of nitrogens with one attached hydrogen (secondary N) is 2. The third-order valence-electron chi connectivity index (χ3n) is 5.98. The van der Waals surface area contributed by atoms with Crippen LogP contribution in [0, 0.1) is 6.92 Å². The smallest absolute Gasteiger partial charge is 0.252 e. The molecule has 176 valence electrons. The lowest BCUT2D eigenvalue weighted by Gasteiger charge is -2.18. The Morgan fingerprint density at radius 2 is 1.56 bits per heavy atom. The van der Waals surface area contributed by atoms with E-state index in [-0.39, 0.29) is 17.6 Å². The molecule has 3 aromatic rings. The Hall–Kier alpha value is -3.09. The van der Waals surface area contributed by atoms with Crippen molar-refractivity contribution in [3.63, 3.8) is 0 Å². The molecule has 0 atom stereocenters. The molecule has 1 aliphatic rings. The fourth-order valence-electron chi connectivity index (χ4n) is 4.09. The predicted molar refractivity (Wildman–Crippen MR) is 139 cm³/mol. The first-order valence-electron chi connectivity index (χ1n) is 11.7. The summed E-state index contributed by atoms with van der Waals surface area (Å²) in [5, 5.41) is 5.99. The molecule has 1 fully saturated rings. The van der Waals surface area contributed by atoms with Crippen molar-refractivity contribution in [2.24, 2.45) is 0 Å². The fourth-order valence-corrected chi connectivity index (χ4v) is 4.94. The topological polar surface area (TPSA) is 61.4 Å². The van der Waals surface area contributed by atoms with Crippen molar-refractivity contribution in [2.45, 2.75) is 37.8 Å². The summed E-state index contributed by atoms with van der Waals surface area (Å²) < 4.78 is 0. The fraction of sp³-hybridized carbons (Fsp3) is 0.286. The van der Waals surface area contributed by atoms with E-state index in [9.17, 15) is 9.59 Å². The molecule has 34 heavy (non-hydrogen) atoms. The highest BCUT2D eigenvalue weighted by Crippen LogP contribution is 2.23. The Morgan fingerprint density at radius 3 is 2.32 bits per heavy atom. The van der Waals surface area contributed by atoms with E-state index in [2.05, 4.69) is 33.7 Å². The minimum Gasteiger partial charge on any atom is -0.348 e. The number of amides is 2. The molecule has 0 aromatic heterocycles. The maximum absolute atomic E-state index is 13.0. The van der Waals surface area contributed by atoms with Crippen LogP contribution in [0.15, 0.2) is 77.7 Å². The van der Waals surface area contributed by atoms with Gasteiger partial charge in [-0.15, -0.1) is 11.8 Å². The molecule has 0 aliphatic carbocycles. The number of rotatable bonds is 9. The molecule has 0 spiro atoms. The van der Waals surface area contributed by atoms with Crippen LogP contribution in [0.25, 0.3) is 0 Å². The number of aryl methyl sites for hydroxylation is 1. The van der Waals surface area contributed by atoms with Crippen LogP contribution in [-0.2, 0) is 17.9 Å². The number of carbonyl (C=O) groups excluding carboxylic acids is 2. The van der Waals surface area contributed by atoms with E-state index in [0.717, 1.165) is 41.3 Å². The van der Waals surface area contributed by atoms with Crippen molar-refractivity contribution >= 4 is 29.3 Å². The predicted octanol–water partition coefficient (Wildman–Crippen LogP) is 5.25. The minimum absolute atomic E-state index is 0.0973. The van der Waals surface area contributed by atoms with Crippen molar-refractivity contribution < 1.29 is 9.59 Å². The Kier molecular flexibility index (Phi) is 8.39. The number of anilines is 1. The SMILES string of the molecule is Cc1ccc(NC(=O)CSc2ccccc2C(=O)NCc2ccccc2CN2CCCC2)cc1. The van der Waals surface area contributed by atoms with Crippen LogP contribution in [-0.4, -0.2) is 35.6 Å². The third kappa shape index (κ3) is 6.72. The van der Waals surface area contributed by atoms with Crippen LogP contribution in [0.1, 0.15) is 39.9 Å². The summed E-state index contributed by atoms with van der Waals surface area (Å²) in [6.45, 7) is 5.70.